The summed E-state index contributed by atoms with van der Waals surface area (Å²) in [6, 6.07) is 29.9. The van der Waals surface area contributed by atoms with Crippen LogP contribution in [0.2, 0.25) is 0 Å². The van der Waals surface area contributed by atoms with E-state index in [1.165, 1.54) is 6.92 Å². The first-order valence-corrected chi connectivity index (χ1v) is 13.2. The lowest BCUT2D eigenvalue weighted by molar-refractivity contribution is -0.181. The first-order valence-electron chi connectivity index (χ1n) is 12.0. The average Bonchev–Trinajstić information content (AvgIpc) is 3.02. The Morgan fingerprint density at radius 1 is 0.750 bits per heavy atom. The van der Waals surface area contributed by atoms with E-state index in [9.17, 15) is 4.79 Å². The maximum Gasteiger partial charge on any atom is 0.304 e. The highest BCUT2D eigenvalue weighted by Crippen LogP contribution is 2.31. The molecule has 6 nitrogen and oxygen atoms in total. The zero-order valence-corrected chi connectivity index (χ0v) is 22.4. The summed E-state index contributed by atoms with van der Waals surface area (Å²) in [5, 5.41) is 0. The number of rotatable bonds is 10. The second kappa shape index (κ2) is 13.9. The third kappa shape index (κ3) is 7.85. The molecule has 0 spiro atoms. The van der Waals surface area contributed by atoms with Gasteiger partial charge in [-0.3, -0.25) is 4.79 Å². The van der Waals surface area contributed by atoms with Gasteiger partial charge in [0.25, 0.3) is 0 Å². The number of esters is 1. The summed E-state index contributed by atoms with van der Waals surface area (Å²) in [7, 11) is 0. The standard InChI is InChI=1S/C29H31IO6/c1-21(31)36-29-26(30)28(34-19-24-15-9-4-10-16-24)27(33-18-23-13-7-3-8-14-23)25(20-35-29)32-17-22-11-5-2-6-12-22/h2-16,25-29H,17-20H2,1H3/t25-,26-,27+,28+,29+/m1/s1. The van der Waals surface area contributed by atoms with Gasteiger partial charge >= 0.3 is 5.97 Å². The van der Waals surface area contributed by atoms with E-state index in [2.05, 4.69) is 22.6 Å². The maximum atomic E-state index is 11.8. The van der Waals surface area contributed by atoms with E-state index < -0.39 is 30.6 Å². The van der Waals surface area contributed by atoms with E-state index in [1.54, 1.807) is 0 Å². The first-order chi connectivity index (χ1) is 17.6. The summed E-state index contributed by atoms with van der Waals surface area (Å²) in [4.78, 5) is 11.8. The fraction of sp³-hybridized carbons (Fsp3) is 0.345. The molecule has 0 radical (unpaired) electrons. The van der Waals surface area contributed by atoms with Crippen LogP contribution >= 0.6 is 22.6 Å². The molecule has 4 rings (SSSR count). The molecule has 1 saturated heterocycles. The quantitative estimate of drug-likeness (QED) is 0.175. The van der Waals surface area contributed by atoms with Crippen LogP contribution in [0.1, 0.15) is 23.6 Å². The number of hydrogen-bond donors (Lipinski definition) is 0. The Balaban J connectivity index is 1.58. The topological polar surface area (TPSA) is 63.2 Å². The van der Waals surface area contributed by atoms with Crippen LogP contribution in [0, 0.1) is 0 Å². The van der Waals surface area contributed by atoms with Crippen LogP contribution in [0.3, 0.4) is 0 Å². The summed E-state index contributed by atoms with van der Waals surface area (Å²) < 4.78 is 30.6. The van der Waals surface area contributed by atoms with Crippen LogP contribution in [0.15, 0.2) is 91.0 Å². The average molecular weight is 602 g/mol. The number of carbonyl (C=O) groups excluding carboxylic acids is 1. The molecule has 0 bridgehead atoms. The largest absolute Gasteiger partial charge is 0.435 e. The van der Waals surface area contributed by atoms with Crippen molar-refractivity contribution in [3.05, 3.63) is 108 Å². The van der Waals surface area contributed by atoms with Gasteiger partial charge in [0, 0.05) is 6.92 Å². The van der Waals surface area contributed by atoms with E-state index in [-0.39, 0.29) is 10.5 Å². The summed E-state index contributed by atoms with van der Waals surface area (Å²) in [6.07, 6.45) is -2.13. The Morgan fingerprint density at radius 3 is 1.67 bits per heavy atom. The minimum absolute atomic E-state index is 0.203. The lowest BCUT2D eigenvalue weighted by atomic mass is 10.0. The van der Waals surface area contributed by atoms with E-state index in [0.29, 0.717) is 19.8 Å². The van der Waals surface area contributed by atoms with E-state index in [4.69, 9.17) is 23.7 Å². The normalized spacial score (nSPS) is 24.1. The van der Waals surface area contributed by atoms with Crippen LogP contribution in [0.5, 0.6) is 0 Å². The maximum absolute atomic E-state index is 11.8. The van der Waals surface area contributed by atoms with E-state index in [0.717, 1.165) is 16.7 Å². The van der Waals surface area contributed by atoms with Crippen LogP contribution < -0.4 is 0 Å². The molecular formula is C29H31IO6. The molecule has 1 aliphatic rings. The van der Waals surface area contributed by atoms with E-state index in [1.807, 2.05) is 91.0 Å². The molecule has 0 aliphatic carbocycles. The molecule has 1 fully saturated rings. The molecule has 0 saturated carbocycles. The van der Waals surface area contributed by atoms with Gasteiger partial charge < -0.3 is 23.7 Å². The smallest absolute Gasteiger partial charge is 0.304 e. The van der Waals surface area contributed by atoms with Crippen molar-refractivity contribution in [2.75, 3.05) is 6.61 Å². The Hall–Kier alpha value is -2.30. The third-order valence-corrected chi connectivity index (χ3v) is 7.14. The van der Waals surface area contributed by atoms with Gasteiger partial charge in [0.2, 0.25) is 6.29 Å². The minimum Gasteiger partial charge on any atom is -0.435 e. The number of hydrogen-bond acceptors (Lipinski definition) is 6. The van der Waals surface area contributed by atoms with Crippen molar-refractivity contribution >= 4 is 28.6 Å². The number of carbonyl (C=O) groups is 1. The zero-order chi connectivity index (χ0) is 25.2. The predicted octanol–water partition coefficient (Wildman–Crippen LogP) is 5.47. The molecule has 36 heavy (non-hydrogen) atoms. The second-order valence-electron chi connectivity index (χ2n) is 8.61. The highest BCUT2D eigenvalue weighted by Gasteiger charge is 2.45. The number of ether oxygens (including phenoxy) is 5. The molecule has 3 aromatic carbocycles. The van der Waals surface area contributed by atoms with Crippen molar-refractivity contribution in [2.45, 2.75) is 55.3 Å². The number of alkyl halides is 1. The molecular weight excluding hydrogens is 571 g/mol. The Bertz CT molecular complexity index is 1050. The highest BCUT2D eigenvalue weighted by molar-refractivity contribution is 14.1. The van der Waals surface area contributed by atoms with Gasteiger partial charge in [0.1, 0.15) is 22.2 Å². The Morgan fingerprint density at radius 2 is 1.19 bits per heavy atom. The molecule has 7 heteroatoms. The fourth-order valence-corrected chi connectivity index (χ4v) is 5.00. The predicted molar refractivity (Wildman–Crippen MR) is 144 cm³/mol. The van der Waals surface area contributed by atoms with Gasteiger partial charge in [0.15, 0.2) is 0 Å². The molecule has 1 aliphatic heterocycles. The SMILES string of the molecule is CC(=O)O[C@@H]1OC[C@@H](OCc2ccccc2)[C@H](OCc2ccccc2)[C@@H](OCc2ccccc2)[C@H]1I. The summed E-state index contributed by atoms with van der Waals surface area (Å²) in [5.74, 6) is -0.408. The Labute approximate surface area is 226 Å². The summed E-state index contributed by atoms with van der Waals surface area (Å²) in [5.41, 5.74) is 3.14. The first kappa shape index (κ1) is 26.8. The van der Waals surface area contributed by atoms with Crippen LogP contribution in [0.25, 0.3) is 0 Å². The third-order valence-electron chi connectivity index (χ3n) is 5.85. The molecule has 1 heterocycles. The van der Waals surface area contributed by atoms with Crippen molar-refractivity contribution in [3.8, 4) is 0 Å². The zero-order valence-electron chi connectivity index (χ0n) is 20.2. The van der Waals surface area contributed by atoms with Gasteiger partial charge in [0.05, 0.1) is 26.4 Å². The van der Waals surface area contributed by atoms with Gasteiger partial charge in [-0.2, -0.15) is 0 Å². The van der Waals surface area contributed by atoms with Crippen molar-refractivity contribution in [1.29, 1.82) is 0 Å². The van der Waals surface area contributed by atoms with Crippen molar-refractivity contribution in [1.82, 2.24) is 0 Å². The molecule has 3 aromatic rings. The monoisotopic (exact) mass is 602 g/mol. The minimum atomic E-state index is -0.781. The van der Waals surface area contributed by atoms with Gasteiger partial charge in [-0.15, -0.1) is 0 Å². The summed E-state index contributed by atoms with van der Waals surface area (Å²) in [6.45, 7) is 2.76. The fourth-order valence-electron chi connectivity index (χ4n) is 4.03. The highest BCUT2D eigenvalue weighted by atomic mass is 127. The Kier molecular flexibility index (Phi) is 10.3. The van der Waals surface area contributed by atoms with Gasteiger partial charge in [-0.25, -0.2) is 0 Å². The molecule has 0 aromatic heterocycles. The lowest BCUT2D eigenvalue weighted by Gasteiger charge is -2.33. The molecule has 5 atom stereocenters. The van der Waals surface area contributed by atoms with Crippen molar-refractivity contribution in [2.24, 2.45) is 0 Å². The number of halogens is 1. The van der Waals surface area contributed by atoms with Crippen LogP contribution in [0.4, 0.5) is 0 Å². The second-order valence-corrected chi connectivity index (χ2v) is 10.1. The van der Waals surface area contributed by atoms with Gasteiger partial charge in [-0.1, -0.05) is 114 Å². The molecule has 0 N–H and O–H groups in total. The molecule has 0 amide bonds. The summed E-state index contributed by atoms with van der Waals surface area (Å²) >= 11 is 2.24. The lowest BCUT2D eigenvalue weighted by Crippen LogP contribution is -2.48. The van der Waals surface area contributed by atoms with Gasteiger partial charge in [-0.05, 0) is 16.7 Å². The molecule has 190 valence electrons. The van der Waals surface area contributed by atoms with Crippen molar-refractivity contribution in [3.63, 3.8) is 0 Å². The molecule has 0 unspecified atom stereocenters. The van der Waals surface area contributed by atoms with Crippen LogP contribution in [-0.2, 0) is 48.3 Å². The van der Waals surface area contributed by atoms with Crippen LogP contribution in [-0.4, -0.2) is 41.1 Å². The van der Waals surface area contributed by atoms with E-state index >= 15 is 0 Å². The van der Waals surface area contributed by atoms with Crippen molar-refractivity contribution < 1.29 is 28.5 Å². The number of benzene rings is 3.